The van der Waals surface area contributed by atoms with Gasteiger partial charge in [0.25, 0.3) is 0 Å². The Hall–Kier alpha value is 0.220. The van der Waals surface area contributed by atoms with Crippen LogP contribution in [0.2, 0.25) is 0 Å². The summed E-state index contributed by atoms with van der Waals surface area (Å²) in [6.07, 6.45) is 4.14. The lowest BCUT2D eigenvalue weighted by Crippen LogP contribution is -2.01. The van der Waals surface area contributed by atoms with Crippen LogP contribution in [0.3, 0.4) is 0 Å². The first-order valence-electron chi connectivity index (χ1n) is 2.39. The zero-order valence-electron chi connectivity index (χ0n) is 5.03. The number of hydrogen-bond donors (Lipinski definition) is 0. The molecular weight excluding hydrogens is 152 g/mol. The van der Waals surface area contributed by atoms with Crippen molar-refractivity contribution in [2.45, 2.75) is 25.1 Å². The summed E-state index contributed by atoms with van der Waals surface area (Å²) < 4.78 is 0.182. The third kappa shape index (κ3) is 6.22. The van der Waals surface area contributed by atoms with Crippen molar-refractivity contribution in [3.8, 4) is 0 Å². The minimum absolute atomic E-state index is 0.182. The highest BCUT2D eigenvalue weighted by molar-refractivity contribution is 9.10. The van der Waals surface area contributed by atoms with Crippen LogP contribution in [-0.4, -0.2) is 4.32 Å². The minimum atomic E-state index is 0.182. The highest BCUT2D eigenvalue weighted by atomic mass is 79.9. The molecule has 0 rings (SSSR count). The van der Waals surface area contributed by atoms with Gasteiger partial charge in [0.1, 0.15) is 0 Å². The van der Waals surface area contributed by atoms with Crippen LogP contribution >= 0.6 is 15.9 Å². The van der Waals surface area contributed by atoms with Crippen molar-refractivity contribution in [3.05, 3.63) is 12.2 Å². The fourth-order valence-electron chi connectivity index (χ4n) is 0.396. The normalized spacial score (nSPS) is 13.1. The molecule has 0 fully saturated rings. The van der Waals surface area contributed by atoms with Crippen LogP contribution in [0.15, 0.2) is 12.2 Å². The van der Waals surface area contributed by atoms with Crippen molar-refractivity contribution in [1.82, 2.24) is 0 Å². The molecule has 0 N–H and O–H groups in total. The first kappa shape index (κ1) is 7.22. The van der Waals surface area contributed by atoms with Crippen LogP contribution in [0, 0.1) is 0 Å². The topological polar surface area (TPSA) is 0 Å². The van der Waals surface area contributed by atoms with Crippen LogP contribution in [-0.2, 0) is 0 Å². The van der Waals surface area contributed by atoms with Gasteiger partial charge in [-0.2, -0.15) is 0 Å². The van der Waals surface area contributed by atoms with Crippen LogP contribution < -0.4 is 0 Å². The molecule has 1 heteroatoms. The lowest BCUT2D eigenvalue weighted by Gasteiger charge is -2.06. The summed E-state index contributed by atoms with van der Waals surface area (Å²) in [6.45, 7) is 6.23. The molecule has 0 saturated carbocycles. The Morgan fingerprint density at radius 3 is 1.86 bits per heavy atom. The lowest BCUT2D eigenvalue weighted by molar-refractivity contribution is 0.919. The molecule has 0 amide bonds. The number of halogens is 1. The number of rotatable bonds is 1. The van der Waals surface area contributed by atoms with Gasteiger partial charge in [0.2, 0.25) is 0 Å². The highest BCUT2D eigenvalue weighted by Gasteiger charge is 2.03. The molecule has 0 aliphatic carbocycles. The molecule has 0 unspecified atom stereocenters. The van der Waals surface area contributed by atoms with Crippen molar-refractivity contribution >= 4 is 15.9 Å². The molecule has 0 aromatic heterocycles. The fraction of sp³-hybridized carbons (Fsp3) is 0.667. The average molecular weight is 163 g/mol. The maximum Gasteiger partial charge on any atom is 0.0380 e. The van der Waals surface area contributed by atoms with Crippen LogP contribution in [0.1, 0.15) is 20.8 Å². The Bertz CT molecular complexity index is 66.7. The smallest absolute Gasteiger partial charge is 0.0380 e. The van der Waals surface area contributed by atoms with Gasteiger partial charge >= 0.3 is 0 Å². The van der Waals surface area contributed by atoms with E-state index in [2.05, 4.69) is 35.9 Å². The Morgan fingerprint density at radius 1 is 1.43 bits per heavy atom. The van der Waals surface area contributed by atoms with Gasteiger partial charge in [-0.15, -0.1) is 0 Å². The summed E-state index contributed by atoms with van der Waals surface area (Å²) in [5.41, 5.74) is 0. The number of hydrogen-bond acceptors (Lipinski definition) is 0. The maximum atomic E-state index is 3.45. The quantitative estimate of drug-likeness (QED) is 0.411. The van der Waals surface area contributed by atoms with E-state index in [1.54, 1.807) is 0 Å². The molecule has 0 aliphatic heterocycles. The molecule has 0 heterocycles. The van der Waals surface area contributed by atoms with Crippen molar-refractivity contribution in [2.75, 3.05) is 0 Å². The van der Waals surface area contributed by atoms with E-state index in [-0.39, 0.29) is 4.32 Å². The van der Waals surface area contributed by atoms with E-state index in [1.165, 1.54) is 0 Å². The maximum absolute atomic E-state index is 3.45. The summed E-state index contributed by atoms with van der Waals surface area (Å²) in [7, 11) is 0. The lowest BCUT2D eigenvalue weighted by atomic mass is 10.2. The zero-order chi connectivity index (χ0) is 5.91. The third-order valence-corrected chi connectivity index (χ3v) is 0.827. The van der Waals surface area contributed by atoms with Crippen LogP contribution in [0.5, 0.6) is 0 Å². The molecule has 0 atom stereocenters. The molecule has 0 spiro atoms. The van der Waals surface area contributed by atoms with Crippen LogP contribution in [0.4, 0.5) is 0 Å². The van der Waals surface area contributed by atoms with E-state index < -0.39 is 0 Å². The first-order chi connectivity index (χ1) is 3.06. The van der Waals surface area contributed by atoms with Gasteiger partial charge in [0.05, 0.1) is 0 Å². The Morgan fingerprint density at radius 2 is 1.86 bits per heavy atom. The van der Waals surface area contributed by atoms with Gasteiger partial charge < -0.3 is 0 Å². The summed E-state index contributed by atoms with van der Waals surface area (Å²) in [4.78, 5) is 0. The van der Waals surface area contributed by atoms with Gasteiger partial charge in [-0.05, 0) is 20.8 Å². The second kappa shape index (κ2) is 2.51. The second-order valence-electron chi connectivity index (χ2n) is 2.06. The van der Waals surface area contributed by atoms with Crippen molar-refractivity contribution in [1.29, 1.82) is 0 Å². The summed E-state index contributed by atoms with van der Waals surface area (Å²) in [5, 5.41) is 0. The van der Waals surface area contributed by atoms with Gasteiger partial charge in [-0.3, -0.25) is 0 Å². The Balaban J connectivity index is 3.56. The highest BCUT2D eigenvalue weighted by Crippen LogP contribution is 2.16. The van der Waals surface area contributed by atoms with E-state index in [0.717, 1.165) is 0 Å². The molecular formula is C6H11Br. The van der Waals surface area contributed by atoms with Gasteiger partial charge in [-0.1, -0.05) is 28.1 Å². The van der Waals surface area contributed by atoms with Gasteiger partial charge in [-0.25, -0.2) is 0 Å². The molecule has 0 nitrogen and oxygen atoms in total. The molecule has 0 aromatic rings. The standard InChI is InChI=1S/C6H11Br/c1-4-5-6(2,3)7/h4-5H,1-3H3/b5-4+. The summed E-state index contributed by atoms with van der Waals surface area (Å²) in [5.74, 6) is 0. The molecule has 0 radical (unpaired) electrons. The monoisotopic (exact) mass is 162 g/mol. The molecule has 0 saturated heterocycles. The van der Waals surface area contributed by atoms with Gasteiger partial charge in [0, 0.05) is 4.32 Å². The van der Waals surface area contributed by atoms with Crippen molar-refractivity contribution in [3.63, 3.8) is 0 Å². The third-order valence-electron chi connectivity index (χ3n) is 0.563. The molecule has 0 bridgehead atoms. The fourth-order valence-corrected chi connectivity index (χ4v) is 0.661. The van der Waals surface area contributed by atoms with Gasteiger partial charge in [0.15, 0.2) is 0 Å². The van der Waals surface area contributed by atoms with Crippen molar-refractivity contribution < 1.29 is 0 Å². The predicted molar refractivity (Wildman–Crippen MR) is 37.8 cm³/mol. The van der Waals surface area contributed by atoms with E-state index in [4.69, 9.17) is 0 Å². The molecule has 42 valence electrons. The van der Waals surface area contributed by atoms with E-state index in [1.807, 2.05) is 13.0 Å². The molecule has 7 heavy (non-hydrogen) atoms. The molecule has 0 aromatic carbocycles. The number of alkyl halides is 1. The minimum Gasteiger partial charge on any atom is -0.0903 e. The van der Waals surface area contributed by atoms with E-state index in [0.29, 0.717) is 0 Å². The SMILES string of the molecule is C/C=C/C(C)(C)Br. The predicted octanol–water partition coefficient (Wildman–Crippen LogP) is 2.74. The zero-order valence-corrected chi connectivity index (χ0v) is 6.62. The number of allylic oxidation sites excluding steroid dienone is 2. The first-order valence-corrected chi connectivity index (χ1v) is 3.18. The summed E-state index contributed by atoms with van der Waals surface area (Å²) in [6, 6.07) is 0. The average Bonchev–Trinajstić information content (AvgIpc) is 1.30. The van der Waals surface area contributed by atoms with Crippen molar-refractivity contribution in [2.24, 2.45) is 0 Å². The largest absolute Gasteiger partial charge is 0.0903 e. The molecule has 0 aliphatic rings. The summed E-state index contributed by atoms with van der Waals surface area (Å²) >= 11 is 3.45. The van der Waals surface area contributed by atoms with E-state index >= 15 is 0 Å². The Kier molecular flexibility index (Phi) is 2.59. The second-order valence-corrected chi connectivity index (χ2v) is 4.11. The van der Waals surface area contributed by atoms with Crippen LogP contribution in [0.25, 0.3) is 0 Å². The Labute approximate surface area is 53.7 Å². The van der Waals surface area contributed by atoms with E-state index in [9.17, 15) is 0 Å².